The van der Waals surface area contributed by atoms with E-state index in [2.05, 4.69) is 23.1 Å². The van der Waals surface area contributed by atoms with E-state index in [0.717, 1.165) is 12.1 Å². The van der Waals surface area contributed by atoms with Gasteiger partial charge in [-0.1, -0.05) is 30.8 Å². The SMILES string of the molecule is C=CC(=O)Oc1cccc(F)c1-c1c(Cl)cc2c(N3C[C@@H](C)N(C(=O)C=C)[C@@H](C)C3)ncnc2c1F. The van der Waals surface area contributed by atoms with Gasteiger partial charge in [0.15, 0.2) is 5.82 Å². The number of carbonyl (C=O) groups excluding carboxylic acids is 2. The Morgan fingerprint density at radius 2 is 1.81 bits per heavy atom. The first kappa shape index (κ1) is 25.2. The van der Waals surface area contributed by atoms with E-state index in [9.17, 15) is 14.0 Å². The minimum atomic E-state index is -0.885. The van der Waals surface area contributed by atoms with E-state index in [0.29, 0.717) is 24.3 Å². The molecule has 0 bridgehead atoms. The number of rotatable bonds is 5. The maximum atomic E-state index is 15.9. The van der Waals surface area contributed by atoms with Crippen molar-refractivity contribution in [1.82, 2.24) is 14.9 Å². The van der Waals surface area contributed by atoms with Crippen LogP contribution in [0.3, 0.4) is 0 Å². The van der Waals surface area contributed by atoms with Crippen molar-refractivity contribution in [2.45, 2.75) is 25.9 Å². The van der Waals surface area contributed by atoms with E-state index in [1.54, 1.807) is 4.90 Å². The molecule has 1 saturated heterocycles. The van der Waals surface area contributed by atoms with Gasteiger partial charge in [-0.25, -0.2) is 23.5 Å². The van der Waals surface area contributed by atoms with E-state index in [1.807, 2.05) is 18.7 Å². The predicted molar refractivity (Wildman–Crippen MR) is 134 cm³/mol. The second kappa shape index (κ2) is 10.0. The lowest BCUT2D eigenvalue weighted by Crippen LogP contribution is -2.58. The first-order valence-electron chi connectivity index (χ1n) is 11.1. The minimum Gasteiger partial charge on any atom is -0.423 e. The summed E-state index contributed by atoms with van der Waals surface area (Å²) in [5.74, 6) is -2.49. The van der Waals surface area contributed by atoms with Gasteiger partial charge in [0.25, 0.3) is 0 Å². The summed E-state index contributed by atoms with van der Waals surface area (Å²) in [6.07, 6.45) is 3.41. The Kier molecular flexibility index (Phi) is 7.03. The lowest BCUT2D eigenvalue weighted by atomic mass is 10.0. The average molecular weight is 513 g/mol. The standard InChI is InChI=1S/C26H23ClF2N4O3/c1-5-20(34)33-14(3)11-32(12-15(33)4)26-16-10-17(27)22(24(29)25(16)30-13-31-26)23-18(28)8-7-9-19(23)36-21(35)6-2/h5-10,13-15H,1-2,11-12H2,3-4H3/t14-,15+. The second-order valence-corrected chi connectivity index (χ2v) is 8.84. The number of nitrogens with zero attached hydrogens (tertiary/aromatic N) is 4. The van der Waals surface area contributed by atoms with E-state index < -0.39 is 17.6 Å². The first-order valence-corrected chi connectivity index (χ1v) is 11.5. The molecule has 7 nitrogen and oxygen atoms in total. The van der Waals surface area contributed by atoms with Gasteiger partial charge in [-0.05, 0) is 38.1 Å². The Labute approximate surface area is 211 Å². The van der Waals surface area contributed by atoms with Crippen LogP contribution in [0.25, 0.3) is 22.0 Å². The number of hydrogen-bond donors (Lipinski definition) is 0. The van der Waals surface area contributed by atoms with Gasteiger partial charge in [0.1, 0.15) is 29.2 Å². The molecule has 2 aromatic carbocycles. The Balaban J connectivity index is 1.83. The molecule has 1 aliphatic heterocycles. The Hall–Kier alpha value is -3.85. The van der Waals surface area contributed by atoms with Crippen LogP contribution in [0.1, 0.15) is 13.8 Å². The third-order valence-electron chi connectivity index (χ3n) is 6.05. The van der Waals surface area contributed by atoms with Crippen LogP contribution in [0.2, 0.25) is 5.02 Å². The molecule has 0 aliphatic carbocycles. The van der Waals surface area contributed by atoms with Crippen molar-refractivity contribution >= 4 is 40.2 Å². The van der Waals surface area contributed by atoms with Gasteiger partial charge in [-0.2, -0.15) is 0 Å². The van der Waals surface area contributed by atoms with Gasteiger partial charge >= 0.3 is 5.97 Å². The Bertz CT molecular complexity index is 1390. The smallest absolute Gasteiger partial charge is 0.335 e. The molecule has 2 heterocycles. The van der Waals surface area contributed by atoms with E-state index in [1.165, 1.54) is 30.6 Å². The number of esters is 1. The molecule has 0 spiro atoms. The zero-order valence-corrected chi connectivity index (χ0v) is 20.4. The number of ether oxygens (including phenoxy) is 1. The van der Waals surface area contributed by atoms with Crippen molar-refractivity contribution in [1.29, 1.82) is 0 Å². The normalized spacial score (nSPS) is 17.7. The van der Waals surface area contributed by atoms with Gasteiger partial charge in [0.2, 0.25) is 5.91 Å². The van der Waals surface area contributed by atoms with Crippen molar-refractivity contribution in [3.05, 3.63) is 72.6 Å². The number of anilines is 1. The molecule has 3 aromatic rings. The van der Waals surface area contributed by atoms with Gasteiger partial charge < -0.3 is 14.5 Å². The summed E-state index contributed by atoms with van der Waals surface area (Å²) < 4.78 is 36.0. The van der Waals surface area contributed by atoms with Crippen LogP contribution in [-0.4, -0.2) is 51.9 Å². The molecule has 36 heavy (non-hydrogen) atoms. The highest BCUT2D eigenvalue weighted by molar-refractivity contribution is 6.34. The molecule has 186 valence electrons. The van der Waals surface area contributed by atoms with Crippen molar-refractivity contribution in [2.75, 3.05) is 18.0 Å². The lowest BCUT2D eigenvalue weighted by Gasteiger charge is -2.44. The largest absolute Gasteiger partial charge is 0.423 e. The molecular weight excluding hydrogens is 490 g/mol. The number of aromatic nitrogens is 2. The Morgan fingerprint density at radius 1 is 1.11 bits per heavy atom. The molecule has 10 heteroatoms. The number of hydrogen-bond acceptors (Lipinski definition) is 6. The zero-order valence-electron chi connectivity index (χ0n) is 19.7. The predicted octanol–water partition coefficient (Wildman–Crippen LogP) is 4.93. The van der Waals surface area contributed by atoms with Crippen molar-refractivity contribution in [2.24, 2.45) is 0 Å². The van der Waals surface area contributed by atoms with Crippen LogP contribution < -0.4 is 9.64 Å². The van der Waals surface area contributed by atoms with Crippen LogP contribution in [0.4, 0.5) is 14.6 Å². The van der Waals surface area contributed by atoms with Crippen molar-refractivity contribution in [3.8, 4) is 16.9 Å². The second-order valence-electron chi connectivity index (χ2n) is 8.43. The fourth-order valence-corrected chi connectivity index (χ4v) is 4.90. The van der Waals surface area contributed by atoms with Gasteiger partial charge in [-0.3, -0.25) is 4.79 Å². The molecule has 2 atom stereocenters. The molecule has 0 saturated carbocycles. The van der Waals surface area contributed by atoms with Gasteiger partial charge in [-0.15, -0.1) is 0 Å². The first-order chi connectivity index (χ1) is 17.2. The molecule has 0 unspecified atom stereocenters. The summed E-state index contributed by atoms with van der Waals surface area (Å²) in [5.41, 5.74) is -0.675. The third kappa shape index (κ3) is 4.42. The van der Waals surface area contributed by atoms with Crippen LogP contribution in [0.5, 0.6) is 5.75 Å². The number of benzene rings is 2. The molecule has 1 aromatic heterocycles. The average Bonchev–Trinajstić information content (AvgIpc) is 2.84. The van der Waals surface area contributed by atoms with Crippen LogP contribution in [-0.2, 0) is 9.59 Å². The summed E-state index contributed by atoms with van der Waals surface area (Å²) in [4.78, 5) is 36.2. The highest BCUT2D eigenvalue weighted by Gasteiger charge is 2.33. The molecular formula is C26H23ClF2N4O3. The quantitative estimate of drug-likeness (QED) is 0.274. The number of fused-ring (bicyclic) bond motifs is 1. The van der Waals surface area contributed by atoms with Crippen LogP contribution in [0.15, 0.2) is 55.9 Å². The van der Waals surface area contributed by atoms with Gasteiger partial charge in [0.05, 0.1) is 10.6 Å². The van der Waals surface area contributed by atoms with Crippen LogP contribution in [0, 0.1) is 11.6 Å². The summed E-state index contributed by atoms with van der Waals surface area (Å²) in [5, 5.41) is 0.214. The molecule has 0 N–H and O–H groups in total. The highest BCUT2D eigenvalue weighted by Crippen LogP contribution is 2.42. The molecule has 1 fully saturated rings. The Morgan fingerprint density at radius 3 is 2.44 bits per heavy atom. The zero-order chi connectivity index (χ0) is 26.1. The number of halogens is 3. The maximum Gasteiger partial charge on any atom is 0.335 e. The molecule has 0 radical (unpaired) electrons. The summed E-state index contributed by atoms with van der Waals surface area (Å²) in [6.45, 7) is 11.6. The highest BCUT2D eigenvalue weighted by atomic mass is 35.5. The molecule has 1 amide bonds. The monoisotopic (exact) mass is 512 g/mol. The van der Waals surface area contributed by atoms with Crippen molar-refractivity contribution in [3.63, 3.8) is 0 Å². The number of amides is 1. The number of piperazine rings is 1. The van der Waals surface area contributed by atoms with E-state index >= 15 is 4.39 Å². The van der Waals surface area contributed by atoms with E-state index in [4.69, 9.17) is 16.3 Å². The summed E-state index contributed by atoms with van der Waals surface area (Å²) in [7, 11) is 0. The van der Waals surface area contributed by atoms with Crippen molar-refractivity contribution < 1.29 is 23.1 Å². The van der Waals surface area contributed by atoms with Crippen LogP contribution >= 0.6 is 11.6 Å². The fourth-order valence-electron chi connectivity index (χ4n) is 4.61. The van der Waals surface area contributed by atoms with Gasteiger partial charge in [0, 0.05) is 42.2 Å². The number of carbonyl (C=O) groups is 2. The summed E-state index contributed by atoms with van der Waals surface area (Å²) >= 11 is 6.50. The molecule has 4 rings (SSSR count). The third-order valence-corrected chi connectivity index (χ3v) is 6.35. The topological polar surface area (TPSA) is 75.6 Å². The maximum absolute atomic E-state index is 15.9. The fraction of sp³-hybridized carbons (Fsp3) is 0.231. The molecule has 1 aliphatic rings. The summed E-state index contributed by atoms with van der Waals surface area (Å²) in [6, 6.07) is 4.91. The van der Waals surface area contributed by atoms with E-state index in [-0.39, 0.29) is 45.4 Å². The lowest BCUT2D eigenvalue weighted by molar-refractivity contribution is -0.131. The minimum absolute atomic E-state index is 0.0754.